The van der Waals surface area contributed by atoms with Gasteiger partial charge in [-0.1, -0.05) is 11.6 Å². The number of aromatic amines is 1. The van der Waals surface area contributed by atoms with Crippen molar-refractivity contribution in [3.05, 3.63) is 58.9 Å². The van der Waals surface area contributed by atoms with E-state index >= 15 is 0 Å². The lowest BCUT2D eigenvalue weighted by molar-refractivity contribution is 0.0989. The number of amides is 1. The molecule has 0 saturated heterocycles. The highest BCUT2D eigenvalue weighted by Gasteiger charge is 2.25. The number of nitrogens with zero attached hydrogens (tertiary/aromatic N) is 2. The highest BCUT2D eigenvalue weighted by molar-refractivity contribution is 6.30. The maximum absolute atomic E-state index is 12.7. The zero-order chi connectivity index (χ0) is 14.4. The van der Waals surface area contributed by atoms with E-state index in [0.717, 1.165) is 28.7 Å². The summed E-state index contributed by atoms with van der Waals surface area (Å²) in [6.07, 6.45) is 2.47. The number of hydrogen-bond donors (Lipinski definition) is 1. The SMILES string of the molecule is O=C(c1ccc2nc[nH]c2c1)N1CCc2cc(Cl)ccc21. The third kappa shape index (κ3) is 1.99. The van der Waals surface area contributed by atoms with Crippen LogP contribution in [-0.4, -0.2) is 22.4 Å². The lowest BCUT2D eigenvalue weighted by atomic mass is 10.1. The number of H-pyrrole nitrogens is 1. The van der Waals surface area contributed by atoms with Crippen molar-refractivity contribution in [2.45, 2.75) is 6.42 Å². The summed E-state index contributed by atoms with van der Waals surface area (Å²) >= 11 is 6.01. The second-order valence-electron chi connectivity index (χ2n) is 5.11. The molecule has 2 aromatic carbocycles. The molecule has 0 saturated carbocycles. The van der Waals surface area contributed by atoms with Crippen LogP contribution in [0.3, 0.4) is 0 Å². The van der Waals surface area contributed by atoms with E-state index in [2.05, 4.69) is 9.97 Å². The van der Waals surface area contributed by atoms with E-state index in [4.69, 9.17) is 11.6 Å². The van der Waals surface area contributed by atoms with Crippen LogP contribution in [0.5, 0.6) is 0 Å². The first-order valence-electron chi connectivity index (χ1n) is 6.76. The Morgan fingerprint density at radius 2 is 2.14 bits per heavy atom. The molecule has 2 heterocycles. The van der Waals surface area contributed by atoms with Crippen LogP contribution in [0.15, 0.2) is 42.7 Å². The third-order valence-corrected chi connectivity index (χ3v) is 4.08. The Balaban J connectivity index is 1.73. The van der Waals surface area contributed by atoms with E-state index in [9.17, 15) is 4.79 Å². The maximum Gasteiger partial charge on any atom is 0.258 e. The number of halogens is 1. The van der Waals surface area contributed by atoms with E-state index in [-0.39, 0.29) is 5.91 Å². The first kappa shape index (κ1) is 12.4. The van der Waals surface area contributed by atoms with Gasteiger partial charge >= 0.3 is 0 Å². The molecule has 0 fully saturated rings. The van der Waals surface area contributed by atoms with Crippen molar-refractivity contribution in [3.8, 4) is 0 Å². The van der Waals surface area contributed by atoms with E-state index in [0.29, 0.717) is 17.1 Å². The zero-order valence-corrected chi connectivity index (χ0v) is 11.9. The fraction of sp³-hybridized carbons (Fsp3) is 0.125. The standard InChI is InChI=1S/C16H12ClN3O/c17-12-2-4-15-10(7-12)5-6-20(15)16(21)11-1-3-13-14(8-11)19-9-18-13/h1-4,7-9H,5-6H2,(H,18,19). The summed E-state index contributed by atoms with van der Waals surface area (Å²) in [4.78, 5) is 21.7. The fourth-order valence-corrected chi connectivity index (χ4v) is 3.00. The summed E-state index contributed by atoms with van der Waals surface area (Å²) in [6.45, 7) is 0.690. The van der Waals surface area contributed by atoms with Gasteiger partial charge in [-0.3, -0.25) is 4.79 Å². The van der Waals surface area contributed by atoms with E-state index in [1.807, 2.05) is 41.3 Å². The summed E-state index contributed by atoms with van der Waals surface area (Å²) in [5.41, 5.74) is 4.47. The van der Waals surface area contributed by atoms with Crippen LogP contribution >= 0.6 is 11.6 Å². The smallest absolute Gasteiger partial charge is 0.258 e. The number of imidazole rings is 1. The molecule has 1 N–H and O–H groups in total. The highest BCUT2D eigenvalue weighted by Crippen LogP contribution is 2.31. The Labute approximate surface area is 126 Å². The maximum atomic E-state index is 12.7. The van der Waals surface area contributed by atoms with Crippen molar-refractivity contribution < 1.29 is 4.79 Å². The molecule has 1 amide bonds. The third-order valence-electron chi connectivity index (χ3n) is 3.85. The molecule has 1 aromatic heterocycles. The topological polar surface area (TPSA) is 49.0 Å². The highest BCUT2D eigenvalue weighted by atomic mass is 35.5. The Bertz CT molecular complexity index is 856. The van der Waals surface area contributed by atoms with Crippen LogP contribution in [0.4, 0.5) is 5.69 Å². The van der Waals surface area contributed by atoms with Gasteiger partial charge in [-0.05, 0) is 48.4 Å². The van der Waals surface area contributed by atoms with Crippen LogP contribution in [0.1, 0.15) is 15.9 Å². The number of nitrogens with one attached hydrogen (secondary N) is 1. The number of carbonyl (C=O) groups is 1. The molecule has 0 radical (unpaired) electrons. The minimum atomic E-state index is 0.00701. The second kappa shape index (κ2) is 4.60. The van der Waals surface area contributed by atoms with Crippen molar-refractivity contribution in [3.63, 3.8) is 0 Å². The van der Waals surface area contributed by atoms with Gasteiger partial charge in [-0.25, -0.2) is 4.98 Å². The molecular formula is C16H12ClN3O. The van der Waals surface area contributed by atoms with Gasteiger partial charge in [0.1, 0.15) is 0 Å². The molecule has 0 spiro atoms. The van der Waals surface area contributed by atoms with Gasteiger partial charge < -0.3 is 9.88 Å². The van der Waals surface area contributed by atoms with Gasteiger partial charge in [0.05, 0.1) is 17.4 Å². The first-order chi connectivity index (χ1) is 10.2. The average Bonchev–Trinajstić information content (AvgIpc) is 3.11. The molecule has 104 valence electrons. The van der Waals surface area contributed by atoms with E-state index in [1.165, 1.54) is 0 Å². The first-order valence-corrected chi connectivity index (χ1v) is 7.13. The number of hydrogen-bond acceptors (Lipinski definition) is 2. The van der Waals surface area contributed by atoms with Crippen LogP contribution < -0.4 is 4.90 Å². The lowest BCUT2D eigenvalue weighted by Gasteiger charge is -2.17. The molecule has 5 heteroatoms. The molecule has 0 unspecified atom stereocenters. The summed E-state index contributed by atoms with van der Waals surface area (Å²) < 4.78 is 0. The van der Waals surface area contributed by atoms with Gasteiger partial charge in [0.15, 0.2) is 0 Å². The van der Waals surface area contributed by atoms with Crippen molar-refractivity contribution in [1.29, 1.82) is 0 Å². The van der Waals surface area contributed by atoms with Crippen LogP contribution in [-0.2, 0) is 6.42 Å². The molecule has 4 rings (SSSR count). The summed E-state index contributed by atoms with van der Waals surface area (Å²) in [7, 11) is 0. The van der Waals surface area contributed by atoms with Gasteiger partial charge in [0, 0.05) is 22.8 Å². The molecular weight excluding hydrogens is 286 g/mol. The molecule has 0 bridgehead atoms. The van der Waals surface area contributed by atoms with Gasteiger partial charge in [0.25, 0.3) is 5.91 Å². The van der Waals surface area contributed by atoms with Crippen molar-refractivity contribution >= 4 is 34.2 Å². The molecule has 1 aliphatic rings. The molecule has 1 aliphatic heterocycles. The fourth-order valence-electron chi connectivity index (χ4n) is 2.81. The number of anilines is 1. The van der Waals surface area contributed by atoms with Gasteiger partial charge in [0.2, 0.25) is 0 Å². The molecule has 4 nitrogen and oxygen atoms in total. The van der Waals surface area contributed by atoms with Crippen molar-refractivity contribution in [2.75, 3.05) is 11.4 Å². The van der Waals surface area contributed by atoms with Crippen LogP contribution in [0.25, 0.3) is 11.0 Å². The Morgan fingerprint density at radius 1 is 1.24 bits per heavy atom. The number of aromatic nitrogens is 2. The van der Waals surface area contributed by atoms with Gasteiger partial charge in [-0.2, -0.15) is 0 Å². The summed E-state index contributed by atoms with van der Waals surface area (Å²) in [6, 6.07) is 11.2. The number of fused-ring (bicyclic) bond motifs is 2. The average molecular weight is 298 g/mol. The molecule has 0 aliphatic carbocycles. The molecule has 3 aromatic rings. The van der Waals surface area contributed by atoms with Crippen LogP contribution in [0, 0.1) is 0 Å². The number of benzene rings is 2. The Hall–Kier alpha value is -2.33. The van der Waals surface area contributed by atoms with E-state index in [1.54, 1.807) is 6.33 Å². The zero-order valence-electron chi connectivity index (χ0n) is 11.1. The molecule has 21 heavy (non-hydrogen) atoms. The summed E-state index contributed by atoms with van der Waals surface area (Å²) in [5.74, 6) is 0.00701. The predicted molar refractivity (Wildman–Crippen MR) is 82.9 cm³/mol. The van der Waals surface area contributed by atoms with Gasteiger partial charge in [-0.15, -0.1) is 0 Å². The minimum absolute atomic E-state index is 0.00701. The Kier molecular flexibility index (Phi) is 2.72. The second-order valence-corrected chi connectivity index (χ2v) is 5.55. The number of carbonyl (C=O) groups excluding carboxylic acids is 1. The largest absolute Gasteiger partial charge is 0.345 e. The van der Waals surface area contributed by atoms with Crippen LogP contribution in [0.2, 0.25) is 5.02 Å². The normalized spacial score (nSPS) is 13.7. The quantitative estimate of drug-likeness (QED) is 0.748. The summed E-state index contributed by atoms with van der Waals surface area (Å²) in [5, 5.41) is 0.710. The molecule has 0 atom stereocenters. The van der Waals surface area contributed by atoms with Crippen molar-refractivity contribution in [2.24, 2.45) is 0 Å². The number of rotatable bonds is 1. The van der Waals surface area contributed by atoms with E-state index < -0.39 is 0 Å². The van der Waals surface area contributed by atoms with Crippen molar-refractivity contribution in [1.82, 2.24) is 9.97 Å². The minimum Gasteiger partial charge on any atom is -0.345 e. The predicted octanol–water partition coefficient (Wildman–Crippen LogP) is 3.42. The monoisotopic (exact) mass is 297 g/mol. The Morgan fingerprint density at radius 3 is 3.05 bits per heavy atom. The lowest BCUT2D eigenvalue weighted by Crippen LogP contribution is -2.28.